The highest BCUT2D eigenvalue weighted by molar-refractivity contribution is 7.89. The Hall–Kier alpha value is -0.960. The van der Waals surface area contributed by atoms with E-state index in [4.69, 9.17) is 0 Å². The predicted molar refractivity (Wildman–Crippen MR) is 83.5 cm³/mol. The SMILES string of the molecule is CC(C)NCc1cn[nH]c1S(=O)(=O)NCC(C)(C)N(C)C. The zero-order valence-corrected chi connectivity index (χ0v) is 14.5. The highest BCUT2D eigenvalue weighted by Gasteiger charge is 2.26. The van der Waals surface area contributed by atoms with Gasteiger partial charge in [-0.25, -0.2) is 13.1 Å². The number of aromatic nitrogens is 2. The van der Waals surface area contributed by atoms with E-state index in [0.717, 1.165) is 0 Å². The smallest absolute Gasteiger partial charge is 0.257 e. The van der Waals surface area contributed by atoms with Crippen molar-refractivity contribution < 1.29 is 8.42 Å². The molecule has 1 heterocycles. The van der Waals surface area contributed by atoms with Gasteiger partial charge in [0.15, 0.2) is 5.03 Å². The van der Waals surface area contributed by atoms with Gasteiger partial charge >= 0.3 is 0 Å². The Bertz CT molecular complexity index is 549. The summed E-state index contributed by atoms with van der Waals surface area (Å²) >= 11 is 0. The summed E-state index contributed by atoms with van der Waals surface area (Å²) in [5.41, 5.74) is 0.363. The van der Waals surface area contributed by atoms with E-state index in [9.17, 15) is 8.42 Å². The molecule has 0 fully saturated rings. The standard InChI is InChI=1S/C13H27N5O2S/c1-10(2)14-7-11-8-15-17-12(11)21(19,20)16-9-13(3,4)18(5)6/h8,10,14,16H,7,9H2,1-6H3,(H,15,17). The number of nitrogens with zero attached hydrogens (tertiary/aromatic N) is 2. The van der Waals surface area contributed by atoms with E-state index in [1.807, 2.05) is 46.7 Å². The van der Waals surface area contributed by atoms with Gasteiger partial charge in [-0.2, -0.15) is 5.10 Å². The summed E-state index contributed by atoms with van der Waals surface area (Å²) in [5.74, 6) is 0. The summed E-state index contributed by atoms with van der Waals surface area (Å²) in [5, 5.41) is 9.75. The Morgan fingerprint density at radius 2 is 2.00 bits per heavy atom. The van der Waals surface area contributed by atoms with Gasteiger partial charge in [0, 0.05) is 30.2 Å². The Morgan fingerprint density at radius 3 is 2.52 bits per heavy atom. The number of hydrogen-bond donors (Lipinski definition) is 3. The molecule has 0 aliphatic rings. The molecule has 0 saturated heterocycles. The fourth-order valence-corrected chi connectivity index (χ4v) is 2.80. The maximum absolute atomic E-state index is 12.4. The van der Waals surface area contributed by atoms with Crippen molar-refractivity contribution >= 4 is 10.0 Å². The average Bonchev–Trinajstić information content (AvgIpc) is 2.83. The Kier molecular flexibility index (Phi) is 5.92. The van der Waals surface area contributed by atoms with Gasteiger partial charge in [0.25, 0.3) is 10.0 Å². The summed E-state index contributed by atoms with van der Waals surface area (Å²) in [7, 11) is 0.241. The highest BCUT2D eigenvalue weighted by atomic mass is 32.2. The first kappa shape index (κ1) is 18.1. The monoisotopic (exact) mass is 317 g/mol. The predicted octanol–water partition coefficient (Wildman–Crippen LogP) is 0.526. The molecule has 3 N–H and O–H groups in total. The van der Waals surface area contributed by atoms with E-state index in [2.05, 4.69) is 20.2 Å². The minimum absolute atomic E-state index is 0.130. The third-order valence-corrected chi connectivity index (χ3v) is 4.97. The summed E-state index contributed by atoms with van der Waals surface area (Å²) in [6.07, 6.45) is 1.54. The second kappa shape index (κ2) is 6.87. The fourth-order valence-electron chi connectivity index (χ4n) is 1.47. The lowest BCUT2D eigenvalue weighted by atomic mass is 10.1. The molecular formula is C13H27N5O2S. The van der Waals surface area contributed by atoms with Crippen LogP contribution in [-0.2, 0) is 16.6 Å². The lowest BCUT2D eigenvalue weighted by Gasteiger charge is -2.32. The van der Waals surface area contributed by atoms with Crippen LogP contribution in [0.1, 0.15) is 33.3 Å². The van der Waals surface area contributed by atoms with E-state index >= 15 is 0 Å². The lowest BCUT2D eigenvalue weighted by Crippen LogP contribution is -2.48. The molecule has 1 rings (SSSR count). The van der Waals surface area contributed by atoms with Crippen LogP contribution in [0, 0.1) is 0 Å². The van der Waals surface area contributed by atoms with Crippen molar-refractivity contribution in [1.29, 1.82) is 0 Å². The largest absolute Gasteiger partial charge is 0.310 e. The molecule has 0 aliphatic heterocycles. The van der Waals surface area contributed by atoms with E-state index in [-0.39, 0.29) is 16.6 Å². The molecule has 0 aliphatic carbocycles. The van der Waals surface area contributed by atoms with E-state index in [0.29, 0.717) is 18.7 Å². The van der Waals surface area contributed by atoms with Crippen molar-refractivity contribution in [3.63, 3.8) is 0 Å². The van der Waals surface area contributed by atoms with Crippen LogP contribution in [0.5, 0.6) is 0 Å². The normalized spacial score (nSPS) is 13.3. The average molecular weight is 317 g/mol. The molecule has 1 aromatic rings. The Labute approximate surface area is 127 Å². The molecule has 122 valence electrons. The Balaban J connectivity index is 2.82. The van der Waals surface area contributed by atoms with Gasteiger partial charge in [-0.3, -0.25) is 5.10 Å². The molecule has 7 nitrogen and oxygen atoms in total. The minimum atomic E-state index is -3.60. The zero-order valence-electron chi connectivity index (χ0n) is 13.7. The van der Waals surface area contributed by atoms with Crippen molar-refractivity contribution in [3.8, 4) is 0 Å². The molecular weight excluding hydrogens is 290 g/mol. The van der Waals surface area contributed by atoms with E-state index in [1.165, 1.54) is 0 Å². The fraction of sp³-hybridized carbons (Fsp3) is 0.769. The van der Waals surface area contributed by atoms with Gasteiger partial charge in [0.2, 0.25) is 0 Å². The van der Waals surface area contributed by atoms with Crippen LogP contribution < -0.4 is 10.0 Å². The van der Waals surface area contributed by atoms with Crippen molar-refractivity contribution in [2.45, 2.75) is 50.8 Å². The molecule has 0 spiro atoms. The van der Waals surface area contributed by atoms with Gasteiger partial charge in [0.05, 0.1) is 6.20 Å². The number of hydrogen-bond acceptors (Lipinski definition) is 5. The number of H-pyrrole nitrogens is 1. The number of sulfonamides is 1. The number of aromatic amines is 1. The lowest BCUT2D eigenvalue weighted by molar-refractivity contribution is 0.199. The van der Waals surface area contributed by atoms with Crippen LogP contribution >= 0.6 is 0 Å². The van der Waals surface area contributed by atoms with Crippen LogP contribution in [0.25, 0.3) is 0 Å². The van der Waals surface area contributed by atoms with Gasteiger partial charge in [0.1, 0.15) is 0 Å². The molecule has 0 saturated carbocycles. The number of nitrogens with one attached hydrogen (secondary N) is 3. The van der Waals surface area contributed by atoms with Crippen molar-refractivity contribution in [3.05, 3.63) is 11.8 Å². The van der Waals surface area contributed by atoms with Crippen LogP contribution in [0.4, 0.5) is 0 Å². The second-order valence-electron chi connectivity index (χ2n) is 6.29. The molecule has 0 radical (unpaired) electrons. The molecule has 0 bridgehead atoms. The van der Waals surface area contributed by atoms with Gasteiger partial charge in [-0.05, 0) is 27.9 Å². The van der Waals surface area contributed by atoms with Crippen LogP contribution in [0.2, 0.25) is 0 Å². The van der Waals surface area contributed by atoms with Gasteiger partial charge in [-0.15, -0.1) is 0 Å². The van der Waals surface area contributed by atoms with E-state index in [1.54, 1.807) is 6.20 Å². The van der Waals surface area contributed by atoms with Crippen LogP contribution in [0.3, 0.4) is 0 Å². The maximum Gasteiger partial charge on any atom is 0.257 e. The first-order valence-electron chi connectivity index (χ1n) is 6.99. The number of likely N-dealkylation sites (N-methyl/N-ethyl adjacent to an activating group) is 1. The highest BCUT2D eigenvalue weighted by Crippen LogP contribution is 2.14. The van der Waals surface area contributed by atoms with E-state index < -0.39 is 10.0 Å². The summed E-state index contributed by atoms with van der Waals surface area (Å²) in [4.78, 5) is 1.98. The van der Waals surface area contributed by atoms with Crippen LogP contribution in [0.15, 0.2) is 11.2 Å². The molecule has 0 unspecified atom stereocenters. The molecule has 21 heavy (non-hydrogen) atoms. The molecule has 0 amide bonds. The molecule has 0 atom stereocenters. The zero-order chi connectivity index (χ0) is 16.3. The minimum Gasteiger partial charge on any atom is -0.310 e. The maximum atomic E-state index is 12.4. The third-order valence-electron chi connectivity index (χ3n) is 3.55. The summed E-state index contributed by atoms with van der Waals surface area (Å²) in [6, 6.07) is 0.274. The molecule has 1 aromatic heterocycles. The van der Waals surface area contributed by atoms with Crippen molar-refractivity contribution in [1.82, 2.24) is 25.1 Å². The van der Waals surface area contributed by atoms with Crippen molar-refractivity contribution in [2.24, 2.45) is 0 Å². The van der Waals surface area contributed by atoms with Gasteiger partial charge < -0.3 is 10.2 Å². The summed E-state index contributed by atoms with van der Waals surface area (Å²) in [6.45, 7) is 8.74. The molecule has 0 aromatic carbocycles. The second-order valence-corrected chi connectivity index (χ2v) is 8.00. The first-order valence-corrected chi connectivity index (χ1v) is 8.47. The summed E-state index contributed by atoms with van der Waals surface area (Å²) < 4.78 is 27.4. The first-order chi connectivity index (χ1) is 9.56. The third kappa shape index (κ3) is 5.06. The number of rotatable bonds is 8. The molecule has 8 heteroatoms. The quantitative estimate of drug-likeness (QED) is 0.650. The topological polar surface area (TPSA) is 90.1 Å². The van der Waals surface area contributed by atoms with Crippen molar-refractivity contribution in [2.75, 3.05) is 20.6 Å². The van der Waals surface area contributed by atoms with Crippen LogP contribution in [-0.4, -0.2) is 55.7 Å². The van der Waals surface area contributed by atoms with Gasteiger partial charge in [-0.1, -0.05) is 13.8 Å². The Morgan fingerprint density at radius 1 is 1.38 bits per heavy atom.